The van der Waals surface area contributed by atoms with E-state index in [9.17, 15) is 5.11 Å². The largest absolute Gasteiger partial charge is 0.508 e. The number of thioether (sulfide) groups is 1. The number of benzene rings is 1. The van der Waals surface area contributed by atoms with E-state index in [4.69, 9.17) is 5.26 Å². The zero-order chi connectivity index (χ0) is 13.7. The number of hydrazone groups is 1. The normalized spacial score (nSPS) is 10.5. The molecule has 0 saturated carbocycles. The van der Waals surface area contributed by atoms with E-state index in [0.29, 0.717) is 15.6 Å². The number of aromatic nitrogens is 1. The molecule has 1 aromatic heterocycles. The fraction of sp³-hybridized carbons (Fsp3) is 0.0833. The Morgan fingerprint density at radius 3 is 3.11 bits per heavy atom. The van der Waals surface area contributed by atoms with Crippen molar-refractivity contribution in [1.29, 1.82) is 5.26 Å². The zero-order valence-corrected chi connectivity index (χ0v) is 11.6. The molecule has 0 aliphatic rings. The molecule has 96 valence electrons. The average Bonchev–Trinajstić information content (AvgIpc) is 2.81. The highest BCUT2D eigenvalue weighted by Crippen LogP contribution is 2.29. The summed E-state index contributed by atoms with van der Waals surface area (Å²) in [5.74, 6) is 0.184. The molecule has 5 nitrogen and oxygen atoms in total. The number of aromatic hydroxyl groups is 1. The number of rotatable bonds is 4. The molecule has 1 heterocycles. The Hall–Kier alpha value is -2.04. The fourth-order valence-corrected chi connectivity index (χ4v) is 2.78. The number of nitrogens with one attached hydrogen (secondary N) is 1. The molecule has 0 spiro atoms. The van der Waals surface area contributed by atoms with E-state index in [-0.39, 0.29) is 5.75 Å². The van der Waals surface area contributed by atoms with Gasteiger partial charge in [-0.1, -0.05) is 12.1 Å². The minimum Gasteiger partial charge on any atom is -0.508 e. The van der Waals surface area contributed by atoms with Crippen molar-refractivity contribution in [2.45, 2.75) is 5.03 Å². The maximum atomic E-state index is 9.31. The van der Waals surface area contributed by atoms with Crippen molar-refractivity contribution in [2.75, 3.05) is 11.7 Å². The first-order valence-corrected chi connectivity index (χ1v) is 7.26. The second kappa shape index (κ2) is 6.22. The van der Waals surface area contributed by atoms with Gasteiger partial charge in [0.2, 0.25) is 0 Å². The number of phenolic OH excluding ortho intramolecular Hbond substituents is 1. The fourth-order valence-electron chi connectivity index (χ4n) is 1.36. The maximum Gasteiger partial charge on any atom is 0.148 e. The van der Waals surface area contributed by atoms with Gasteiger partial charge in [0.05, 0.1) is 6.21 Å². The van der Waals surface area contributed by atoms with Crippen LogP contribution in [-0.4, -0.2) is 22.0 Å². The molecule has 0 amide bonds. The smallest absolute Gasteiger partial charge is 0.148 e. The van der Waals surface area contributed by atoms with Gasteiger partial charge in [-0.05, 0) is 35.5 Å². The number of hydrogen-bond acceptors (Lipinski definition) is 7. The van der Waals surface area contributed by atoms with Gasteiger partial charge in [0.25, 0.3) is 0 Å². The van der Waals surface area contributed by atoms with Gasteiger partial charge in [-0.25, -0.2) is 0 Å². The van der Waals surface area contributed by atoms with E-state index in [2.05, 4.69) is 21.0 Å². The van der Waals surface area contributed by atoms with Gasteiger partial charge >= 0.3 is 0 Å². The summed E-state index contributed by atoms with van der Waals surface area (Å²) in [6.07, 6.45) is 3.44. The first-order chi connectivity index (χ1) is 9.24. The van der Waals surface area contributed by atoms with Crippen LogP contribution in [0.4, 0.5) is 5.00 Å². The summed E-state index contributed by atoms with van der Waals surface area (Å²) in [6, 6.07) is 8.83. The molecule has 0 bridgehead atoms. The van der Waals surface area contributed by atoms with Crippen molar-refractivity contribution < 1.29 is 5.11 Å². The number of anilines is 1. The summed E-state index contributed by atoms with van der Waals surface area (Å²) in [5.41, 5.74) is 4.06. The second-order valence-electron chi connectivity index (χ2n) is 3.47. The van der Waals surface area contributed by atoms with Crippen LogP contribution in [0.15, 0.2) is 34.4 Å². The lowest BCUT2D eigenvalue weighted by Gasteiger charge is -1.97. The van der Waals surface area contributed by atoms with Crippen molar-refractivity contribution in [3.05, 3.63) is 35.4 Å². The molecule has 0 atom stereocenters. The van der Waals surface area contributed by atoms with E-state index in [1.165, 1.54) is 23.3 Å². The van der Waals surface area contributed by atoms with Crippen molar-refractivity contribution in [3.8, 4) is 11.8 Å². The standard InChI is InChI=1S/C12H10N4OS2/c1-18-12-10(6-13)11(19-16-12)15-14-7-8-3-2-4-9(17)5-8/h2-5,7,15,17H,1H3/b14-7+. The van der Waals surface area contributed by atoms with Crippen molar-refractivity contribution in [2.24, 2.45) is 5.10 Å². The predicted octanol–water partition coefficient (Wildman–Crippen LogP) is 2.89. The SMILES string of the molecule is CSc1nsc(N/N=C/c2cccc(O)c2)c1C#N. The molecule has 1 aromatic carbocycles. The van der Waals surface area contributed by atoms with Gasteiger partial charge in [-0.3, -0.25) is 5.43 Å². The topological polar surface area (TPSA) is 81.3 Å². The monoisotopic (exact) mass is 290 g/mol. The van der Waals surface area contributed by atoms with Crippen LogP contribution in [0.3, 0.4) is 0 Å². The van der Waals surface area contributed by atoms with Gasteiger partial charge < -0.3 is 5.11 Å². The van der Waals surface area contributed by atoms with Gasteiger partial charge in [0, 0.05) is 0 Å². The van der Waals surface area contributed by atoms with Crippen LogP contribution in [0.1, 0.15) is 11.1 Å². The lowest BCUT2D eigenvalue weighted by Crippen LogP contribution is -1.90. The molecule has 2 aromatic rings. The third kappa shape index (κ3) is 3.24. The number of nitriles is 1. The quantitative estimate of drug-likeness (QED) is 0.514. The molecule has 0 unspecified atom stereocenters. The molecule has 0 fully saturated rings. The third-order valence-electron chi connectivity index (χ3n) is 2.22. The van der Waals surface area contributed by atoms with E-state index >= 15 is 0 Å². The Kier molecular flexibility index (Phi) is 4.39. The Labute approximate surface area is 118 Å². The third-order valence-corrected chi connectivity index (χ3v) is 3.77. The van der Waals surface area contributed by atoms with Crippen LogP contribution in [0.25, 0.3) is 0 Å². The summed E-state index contributed by atoms with van der Waals surface area (Å²) in [7, 11) is 0. The molecule has 7 heteroatoms. The number of nitrogens with zero attached hydrogens (tertiary/aromatic N) is 3. The summed E-state index contributed by atoms with van der Waals surface area (Å²) in [4.78, 5) is 0. The van der Waals surface area contributed by atoms with Gasteiger partial charge in [-0.15, -0.1) is 11.8 Å². The molecule has 0 saturated heterocycles. The molecule has 0 aliphatic heterocycles. The zero-order valence-electron chi connectivity index (χ0n) is 9.99. The molecular weight excluding hydrogens is 280 g/mol. The van der Waals surface area contributed by atoms with Crippen LogP contribution in [0, 0.1) is 11.3 Å². The van der Waals surface area contributed by atoms with Crippen LogP contribution < -0.4 is 5.43 Å². The molecule has 0 aliphatic carbocycles. The second-order valence-corrected chi connectivity index (χ2v) is 5.04. The maximum absolute atomic E-state index is 9.31. The van der Waals surface area contributed by atoms with Crippen molar-refractivity contribution >= 4 is 34.5 Å². The Bertz CT molecular complexity index is 645. The Morgan fingerprint density at radius 1 is 1.58 bits per heavy atom. The average molecular weight is 290 g/mol. The highest BCUT2D eigenvalue weighted by Gasteiger charge is 2.11. The number of hydrogen-bond donors (Lipinski definition) is 2. The minimum atomic E-state index is 0.184. The van der Waals surface area contributed by atoms with E-state index in [1.54, 1.807) is 24.4 Å². The van der Waals surface area contributed by atoms with Crippen LogP contribution in [0.2, 0.25) is 0 Å². The summed E-state index contributed by atoms with van der Waals surface area (Å²) >= 11 is 2.62. The van der Waals surface area contributed by atoms with Gasteiger partial charge in [0.1, 0.15) is 27.4 Å². The molecule has 19 heavy (non-hydrogen) atoms. The van der Waals surface area contributed by atoms with Crippen molar-refractivity contribution in [3.63, 3.8) is 0 Å². The lowest BCUT2D eigenvalue weighted by molar-refractivity contribution is 0.475. The van der Waals surface area contributed by atoms with Gasteiger partial charge in [0.15, 0.2) is 0 Å². The van der Waals surface area contributed by atoms with Crippen LogP contribution >= 0.6 is 23.3 Å². The van der Waals surface area contributed by atoms with E-state index in [1.807, 2.05) is 12.3 Å². The van der Waals surface area contributed by atoms with Gasteiger partial charge in [-0.2, -0.15) is 14.7 Å². The summed E-state index contributed by atoms with van der Waals surface area (Å²) in [5, 5.41) is 23.7. The lowest BCUT2D eigenvalue weighted by atomic mass is 10.2. The summed E-state index contributed by atoms with van der Waals surface area (Å²) < 4.78 is 4.15. The summed E-state index contributed by atoms with van der Waals surface area (Å²) in [6.45, 7) is 0. The van der Waals surface area contributed by atoms with Crippen LogP contribution in [0.5, 0.6) is 5.75 Å². The van der Waals surface area contributed by atoms with E-state index in [0.717, 1.165) is 5.56 Å². The molecule has 2 N–H and O–H groups in total. The Morgan fingerprint density at radius 2 is 2.42 bits per heavy atom. The first-order valence-electron chi connectivity index (χ1n) is 5.26. The minimum absolute atomic E-state index is 0.184. The van der Waals surface area contributed by atoms with E-state index < -0.39 is 0 Å². The Balaban J connectivity index is 2.11. The molecule has 0 radical (unpaired) electrons. The predicted molar refractivity (Wildman–Crippen MR) is 77.9 cm³/mol. The highest BCUT2D eigenvalue weighted by atomic mass is 32.2. The first kappa shape index (κ1) is 13.4. The number of phenols is 1. The molecular formula is C12H10N4OS2. The van der Waals surface area contributed by atoms with Crippen LogP contribution in [-0.2, 0) is 0 Å². The van der Waals surface area contributed by atoms with Crippen molar-refractivity contribution in [1.82, 2.24) is 4.37 Å². The molecule has 2 rings (SSSR count). The highest BCUT2D eigenvalue weighted by molar-refractivity contribution is 7.98.